The third-order valence-corrected chi connectivity index (χ3v) is 13.7. The van der Waals surface area contributed by atoms with Gasteiger partial charge in [0.05, 0.1) is 38.8 Å². The van der Waals surface area contributed by atoms with Gasteiger partial charge in [0.25, 0.3) is 6.71 Å². The number of rotatable bonds is 2. The topological polar surface area (TPSA) is 15.3 Å². The standard InChI is InChI=1S/C54H31BN4/c1-3-15-32(16-4-1)56-45-27-14-28-46-49(45)55(50-47(56)31-40-35-20-8-10-24-42(35)58-44-26-12-9-21-39(44)48(50)52(40)58)41-30-29-38-37-23-13-22-36-34-19-7-11-25-43(34)59(51(36)37)53(38)54(41)57(46)33-17-5-2-6-18-33/h1-31H. The van der Waals surface area contributed by atoms with Gasteiger partial charge in [-0.25, -0.2) is 0 Å². The summed E-state index contributed by atoms with van der Waals surface area (Å²) in [6, 6.07) is 70.2. The number of fused-ring (bicyclic) bond motifs is 18. The maximum atomic E-state index is 2.58. The summed E-state index contributed by atoms with van der Waals surface area (Å²) in [5.74, 6) is 0. The first-order chi connectivity index (χ1) is 29.3. The summed E-state index contributed by atoms with van der Waals surface area (Å²) in [5.41, 5.74) is 18.9. The number of para-hydroxylation sites is 6. The van der Waals surface area contributed by atoms with Gasteiger partial charge in [-0.2, -0.15) is 0 Å². The number of aromatic nitrogens is 2. The van der Waals surface area contributed by atoms with Gasteiger partial charge in [-0.1, -0.05) is 127 Å². The number of hydrogen-bond donors (Lipinski definition) is 0. The minimum atomic E-state index is -0.0468. The fraction of sp³-hybridized carbons (Fsp3) is 0. The molecule has 0 radical (unpaired) electrons. The lowest BCUT2D eigenvalue weighted by molar-refractivity contribution is 1.25. The zero-order chi connectivity index (χ0) is 38.1. The smallest absolute Gasteiger partial charge is 0.253 e. The Morgan fingerprint density at radius 2 is 0.847 bits per heavy atom. The van der Waals surface area contributed by atoms with Crippen LogP contribution >= 0.6 is 0 Å². The van der Waals surface area contributed by atoms with Crippen LogP contribution in [0.4, 0.5) is 34.1 Å². The minimum Gasteiger partial charge on any atom is -0.311 e. The molecule has 15 rings (SSSR count). The predicted octanol–water partition coefficient (Wildman–Crippen LogP) is 12.1. The molecule has 0 saturated heterocycles. The molecule has 2 aliphatic heterocycles. The number of anilines is 6. The lowest BCUT2D eigenvalue weighted by Gasteiger charge is -2.44. The summed E-state index contributed by atoms with van der Waals surface area (Å²) in [6.07, 6.45) is 0. The number of hydrogen-bond acceptors (Lipinski definition) is 2. The third kappa shape index (κ3) is 3.52. The second-order valence-electron chi connectivity index (χ2n) is 16.4. The SMILES string of the molecule is c1ccc(N2c3cccc4c3B(c3ccc5c6cccc7c8ccccc8n(c5c3N4c3ccccc3)c76)c3c2cc2c4ccccc4n4c5ccccc5c3c24)cc1. The van der Waals surface area contributed by atoms with Gasteiger partial charge in [-0.05, 0) is 77.1 Å². The van der Waals surface area contributed by atoms with E-state index in [1.54, 1.807) is 0 Å². The van der Waals surface area contributed by atoms with E-state index in [1.807, 2.05) is 0 Å². The van der Waals surface area contributed by atoms with Gasteiger partial charge < -0.3 is 18.6 Å². The molecular weight excluding hydrogens is 715 g/mol. The Kier molecular flexibility index (Phi) is 5.46. The lowest BCUT2D eigenvalue weighted by Crippen LogP contribution is -2.61. The van der Waals surface area contributed by atoms with Crippen molar-refractivity contribution in [3.8, 4) is 0 Å². The summed E-state index contributed by atoms with van der Waals surface area (Å²) >= 11 is 0. The van der Waals surface area contributed by atoms with E-state index in [9.17, 15) is 0 Å². The molecule has 0 unspecified atom stereocenters. The molecule has 4 nitrogen and oxygen atoms in total. The van der Waals surface area contributed by atoms with Crippen molar-refractivity contribution < 1.29 is 0 Å². The Bertz CT molecular complexity index is 3920. The first kappa shape index (κ1) is 30.4. The van der Waals surface area contributed by atoms with Crippen molar-refractivity contribution in [2.24, 2.45) is 0 Å². The van der Waals surface area contributed by atoms with Gasteiger partial charge in [0.2, 0.25) is 0 Å². The van der Waals surface area contributed by atoms with Crippen LogP contribution in [-0.2, 0) is 0 Å². The average Bonchev–Trinajstić information content (AvgIpc) is 4.03. The first-order valence-corrected chi connectivity index (χ1v) is 20.6. The average molecular weight is 747 g/mol. The van der Waals surface area contributed by atoms with E-state index in [2.05, 4.69) is 207 Å². The van der Waals surface area contributed by atoms with E-state index in [-0.39, 0.29) is 6.71 Å². The molecule has 0 spiro atoms. The summed E-state index contributed by atoms with van der Waals surface area (Å²) in [7, 11) is 0. The van der Waals surface area contributed by atoms with E-state index >= 15 is 0 Å². The van der Waals surface area contributed by atoms with Crippen molar-refractivity contribution in [1.29, 1.82) is 0 Å². The summed E-state index contributed by atoms with van der Waals surface area (Å²) in [4.78, 5) is 5.13. The van der Waals surface area contributed by atoms with E-state index in [1.165, 1.54) is 115 Å². The van der Waals surface area contributed by atoms with E-state index in [0.29, 0.717) is 0 Å². The van der Waals surface area contributed by atoms with Crippen LogP contribution in [0.25, 0.3) is 76.2 Å². The molecular formula is C54H31BN4. The fourth-order valence-electron chi connectivity index (χ4n) is 11.6. The molecule has 5 heteroatoms. The van der Waals surface area contributed by atoms with Gasteiger partial charge in [-0.3, -0.25) is 0 Å². The summed E-state index contributed by atoms with van der Waals surface area (Å²) < 4.78 is 5.11. The van der Waals surface area contributed by atoms with Crippen LogP contribution < -0.4 is 26.2 Å². The van der Waals surface area contributed by atoms with Crippen molar-refractivity contribution in [3.05, 3.63) is 188 Å². The van der Waals surface area contributed by atoms with Gasteiger partial charge in [0.15, 0.2) is 0 Å². The highest BCUT2D eigenvalue weighted by molar-refractivity contribution is 7.02. The molecule has 59 heavy (non-hydrogen) atoms. The largest absolute Gasteiger partial charge is 0.311 e. The van der Waals surface area contributed by atoms with Gasteiger partial charge in [0.1, 0.15) is 0 Å². The Morgan fingerprint density at radius 1 is 0.322 bits per heavy atom. The number of nitrogens with zero attached hydrogens (tertiary/aromatic N) is 4. The van der Waals surface area contributed by atoms with Crippen LogP contribution in [0.15, 0.2) is 188 Å². The zero-order valence-corrected chi connectivity index (χ0v) is 31.8. The van der Waals surface area contributed by atoms with Crippen molar-refractivity contribution in [2.45, 2.75) is 0 Å². The second kappa shape index (κ2) is 10.6. The van der Waals surface area contributed by atoms with Crippen LogP contribution in [0.2, 0.25) is 0 Å². The Labute approximate surface area is 338 Å². The van der Waals surface area contributed by atoms with Crippen molar-refractivity contribution in [1.82, 2.24) is 8.80 Å². The van der Waals surface area contributed by atoms with Crippen LogP contribution in [0, 0.1) is 0 Å². The predicted molar refractivity (Wildman–Crippen MR) is 250 cm³/mol. The van der Waals surface area contributed by atoms with Crippen LogP contribution in [-0.4, -0.2) is 15.5 Å². The molecule has 0 fully saturated rings. The molecule has 4 aromatic heterocycles. The minimum absolute atomic E-state index is 0.0468. The molecule has 9 aromatic carbocycles. The molecule has 0 amide bonds. The van der Waals surface area contributed by atoms with Gasteiger partial charge in [0, 0.05) is 71.5 Å². The third-order valence-electron chi connectivity index (χ3n) is 13.7. The molecule has 0 N–H and O–H groups in total. The molecule has 270 valence electrons. The van der Waals surface area contributed by atoms with Crippen molar-refractivity contribution in [3.63, 3.8) is 0 Å². The monoisotopic (exact) mass is 746 g/mol. The van der Waals surface area contributed by atoms with Crippen LogP contribution in [0.5, 0.6) is 0 Å². The van der Waals surface area contributed by atoms with Crippen LogP contribution in [0.3, 0.4) is 0 Å². The van der Waals surface area contributed by atoms with Gasteiger partial charge >= 0.3 is 0 Å². The highest BCUT2D eigenvalue weighted by Gasteiger charge is 2.46. The fourth-order valence-corrected chi connectivity index (χ4v) is 11.6. The zero-order valence-electron chi connectivity index (χ0n) is 31.8. The molecule has 6 heterocycles. The molecule has 0 aliphatic carbocycles. The van der Waals surface area contributed by atoms with E-state index in [4.69, 9.17) is 0 Å². The lowest BCUT2D eigenvalue weighted by atomic mass is 9.33. The highest BCUT2D eigenvalue weighted by atomic mass is 15.2. The molecule has 0 atom stereocenters. The van der Waals surface area contributed by atoms with E-state index in [0.717, 1.165) is 11.4 Å². The number of benzene rings is 9. The molecule has 2 aliphatic rings. The maximum Gasteiger partial charge on any atom is 0.253 e. The summed E-state index contributed by atoms with van der Waals surface area (Å²) in [6.45, 7) is -0.0468. The van der Waals surface area contributed by atoms with Gasteiger partial charge in [-0.15, -0.1) is 0 Å². The van der Waals surface area contributed by atoms with E-state index < -0.39 is 0 Å². The Morgan fingerprint density at radius 3 is 1.58 bits per heavy atom. The van der Waals surface area contributed by atoms with Crippen molar-refractivity contribution in [2.75, 3.05) is 9.80 Å². The Balaban J connectivity index is 1.19. The summed E-state index contributed by atoms with van der Waals surface area (Å²) in [5, 5.41) is 10.4. The molecule has 0 bridgehead atoms. The Hall–Kier alpha value is -7.76. The normalized spacial score (nSPS) is 13.7. The van der Waals surface area contributed by atoms with Crippen LogP contribution in [0.1, 0.15) is 0 Å². The van der Waals surface area contributed by atoms with Crippen molar-refractivity contribution >= 4 is 133 Å². The molecule has 0 saturated carbocycles. The second-order valence-corrected chi connectivity index (χ2v) is 16.4. The maximum absolute atomic E-state index is 2.58. The highest BCUT2D eigenvalue weighted by Crippen LogP contribution is 2.51. The quantitative estimate of drug-likeness (QED) is 0.164. The first-order valence-electron chi connectivity index (χ1n) is 20.6. The molecule has 13 aromatic rings.